The average molecular weight is 266 g/mol. The molecule has 0 N–H and O–H groups in total. The standard InChI is InChI=1S/C15H23FN2O/c1-17(2)8-7-15(18-9-11-19-12-10-18)13-3-5-14(16)6-4-13/h3-6,15H,7-12H2,1-2H3. The first kappa shape index (κ1) is 14.4. The van der Waals surface area contributed by atoms with E-state index in [1.165, 1.54) is 5.56 Å². The van der Waals surface area contributed by atoms with Crippen molar-refractivity contribution in [2.75, 3.05) is 46.9 Å². The van der Waals surface area contributed by atoms with Crippen LogP contribution in [-0.4, -0.2) is 56.7 Å². The molecule has 3 nitrogen and oxygen atoms in total. The fraction of sp³-hybridized carbons (Fsp3) is 0.600. The molecule has 1 atom stereocenters. The minimum absolute atomic E-state index is 0.169. The molecule has 106 valence electrons. The highest BCUT2D eigenvalue weighted by Gasteiger charge is 2.22. The lowest BCUT2D eigenvalue weighted by molar-refractivity contribution is 0.0129. The van der Waals surface area contributed by atoms with Gasteiger partial charge in [-0.2, -0.15) is 0 Å². The third-order valence-electron chi connectivity index (χ3n) is 3.59. The summed E-state index contributed by atoms with van der Waals surface area (Å²) < 4.78 is 18.5. The molecule has 1 aliphatic heterocycles. The lowest BCUT2D eigenvalue weighted by atomic mass is 10.0. The molecule has 1 fully saturated rings. The van der Waals surface area contributed by atoms with Crippen LogP contribution in [0.3, 0.4) is 0 Å². The monoisotopic (exact) mass is 266 g/mol. The molecule has 1 aromatic rings. The second-order valence-electron chi connectivity index (χ2n) is 5.31. The smallest absolute Gasteiger partial charge is 0.123 e. The van der Waals surface area contributed by atoms with Crippen molar-refractivity contribution in [3.8, 4) is 0 Å². The molecule has 0 bridgehead atoms. The summed E-state index contributed by atoms with van der Waals surface area (Å²) >= 11 is 0. The van der Waals surface area contributed by atoms with E-state index < -0.39 is 0 Å². The fourth-order valence-corrected chi connectivity index (χ4v) is 2.51. The van der Waals surface area contributed by atoms with Crippen LogP contribution in [0.15, 0.2) is 24.3 Å². The molecule has 0 aromatic heterocycles. The summed E-state index contributed by atoms with van der Waals surface area (Å²) in [5.74, 6) is -0.169. The van der Waals surface area contributed by atoms with Crippen molar-refractivity contribution in [1.29, 1.82) is 0 Å². The molecule has 0 saturated carbocycles. The number of hydrogen-bond acceptors (Lipinski definition) is 3. The second-order valence-corrected chi connectivity index (χ2v) is 5.31. The van der Waals surface area contributed by atoms with Crippen LogP contribution in [0.25, 0.3) is 0 Å². The zero-order valence-corrected chi connectivity index (χ0v) is 11.8. The van der Waals surface area contributed by atoms with E-state index in [4.69, 9.17) is 4.74 Å². The van der Waals surface area contributed by atoms with Crippen molar-refractivity contribution in [2.45, 2.75) is 12.5 Å². The summed E-state index contributed by atoms with van der Waals surface area (Å²) in [5, 5.41) is 0. The van der Waals surface area contributed by atoms with Gasteiger partial charge in [-0.25, -0.2) is 4.39 Å². The van der Waals surface area contributed by atoms with Crippen LogP contribution in [-0.2, 0) is 4.74 Å². The summed E-state index contributed by atoms with van der Waals surface area (Å²) in [5.41, 5.74) is 1.20. The van der Waals surface area contributed by atoms with Crippen molar-refractivity contribution in [2.24, 2.45) is 0 Å². The molecule has 1 aromatic carbocycles. The zero-order chi connectivity index (χ0) is 13.7. The van der Waals surface area contributed by atoms with Crippen molar-refractivity contribution >= 4 is 0 Å². The van der Waals surface area contributed by atoms with Gasteiger partial charge in [0.25, 0.3) is 0 Å². The Bertz CT molecular complexity index is 374. The van der Waals surface area contributed by atoms with Crippen LogP contribution in [0.4, 0.5) is 4.39 Å². The van der Waals surface area contributed by atoms with E-state index in [9.17, 15) is 4.39 Å². The van der Waals surface area contributed by atoms with E-state index in [2.05, 4.69) is 23.9 Å². The number of rotatable bonds is 5. The van der Waals surface area contributed by atoms with Crippen LogP contribution in [0, 0.1) is 5.82 Å². The number of hydrogen-bond donors (Lipinski definition) is 0. The van der Waals surface area contributed by atoms with Gasteiger partial charge in [0.1, 0.15) is 5.82 Å². The van der Waals surface area contributed by atoms with Gasteiger partial charge in [-0.3, -0.25) is 4.90 Å². The van der Waals surface area contributed by atoms with Gasteiger partial charge in [0.2, 0.25) is 0 Å². The first-order valence-electron chi connectivity index (χ1n) is 6.89. The number of ether oxygens (including phenoxy) is 1. The second kappa shape index (κ2) is 6.98. The number of halogens is 1. The Labute approximate surface area is 115 Å². The van der Waals surface area contributed by atoms with E-state index in [0.717, 1.165) is 39.3 Å². The quantitative estimate of drug-likeness (QED) is 0.812. The Balaban J connectivity index is 2.10. The molecule has 1 saturated heterocycles. The van der Waals surface area contributed by atoms with Gasteiger partial charge in [0, 0.05) is 19.1 Å². The summed E-state index contributed by atoms with van der Waals surface area (Å²) in [6.45, 7) is 4.52. The largest absolute Gasteiger partial charge is 0.379 e. The molecule has 2 rings (SSSR count). The van der Waals surface area contributed by atoms with Crippen molar-refractivity contribution < 1.29 is 9.13 Å². The van der Waals surface area contributed by atoms with Gasteiger partial charge in [-0.1, -0.05) is 12.1 Å². The molecule has 1 unspecified atom stereocenters. The topological polar surface area (TPSA) is 15.7 Å². The van der Waals surface area contributed by atoms with Gasteiger partial charge in [0.05, 0.1) is 13.2 Å². The first-order chi connectivity index (χ1) is 9.16. The van der Waals surface area contributed by atoms with Gasteiger partial charge >= 0.3 is 0 Å². The number of nitrogens with zero attached hydrogens (tertiary/aromatic N) is 2. The van der Waals surface area contributed by atoms with E-state index in [0.29, 0.717) is 6.04 Å². The third kappa shape index (κ3) is 4.27. The Morgan fingerprint density at radius 1 is 1.21 bits per heavy atom. The van der Waals surface area contributed by atoms with E-state index in [-0.39, 0.29) is 5.82 Å². The maximum atomic E-state index is 13.1. The van der Waals surface area contributed by atoms with Crippen LogP contribution >= 0.6 is 0 Å². The minimum Gasteiger partial charge on any atom is -0.379 e. The Morgan fingerprint density at radius 3 is 2.42 bits per heavy atom. The zero-order valence-electron chi connectivity index (χ0n) is 11.8. The highest BCUT2D eigenvalue weighted by Crippen LogP contribution is 2.25. The van der Waals surface area contributed by atoms with E-state index in [1.54, 1.807) is 12.1 Å². The van der Waals surface area contributed by atoms with Crippen LogP contribution in [0.2, 0.25) is 0 Å². The molecule has 0 amide bonds. The minimum atomic E-state index is -0.169. The van der Waals surface area contributed by atoms with Gasteiger partial charge < -0.3 is 9.64 Å². The highest BCUT2D eigenvalue weighted by molar-refractivity contribution is 5.20. The van der Waals surface area contributed by atoms with Gasteiger partial charge in [0.15, 0.2) is 0 Å². The summed E-state index contributed by atoms with van der Waals surface area (Å²) in [6.07, 6.45) is 1.05. The highest BCUT2D eigenvalue weighted by atomic mass is 19.1. The predicted molar refractivity (Wildman–Crippen MR) is 74.7 cm³/mol. The summed E-state index contributed by atoms with van der Waals surface area (Å²) in [7, 11) is 4.17. The summed E-state index contributed by atoms with van der Waals surface area (Å²) in [4.78, 5) is 4.64. The third-order valence-corrected chi connectivity index (χ3v) is 3.59. The molecule has 0 aliphatic carbocycles. The fourth-order valence-electron chi connectivity index (χ4n) is 2.51. The molecular formula is C15H23FN2O. The van der Waals surface area contributed by atoms with E-state index >= 15 is 0 Å². The first-order valence-corrected chi connectivity index (χ1v) is 6.89. The lowest BCUT2D eigenvalue weighted by Gasteiger charge is -2.35. The Morgan fingerprint density at radius 2 is 1.84 bits per heavy atom. The maximum Gasteiger partial charge on any atom is 0.123 e. The number of morpholine rings is 1. The Kier molecular flexibility index (Phi) is 5.31. The normalized spacial score (nSPS) is 18.7. The number of benzene rings is 1. The Hall–Kier alpha value is -0.970. The van der Waals surface area contributed by atoms with Crippen LogP contribution in [0.5, 0.6) is 0 Å². The molecule has 0 radical (unpaired) electrons. The SMILES string of the molecule is CN(C)CCC(c1ccc(F)cc1)N1CCOCC1. The molecular weight excluding hydrogens is 243 g/mol. The molecule has 4 heteroatoms. The van der Waals surface area contributed by atoms with Crippen LogP contribution < -0.4 is 0 Å². The molecule has 1 heterocycles. The van der Waals surface area contributed by atoms with Gasteiger partial charge in [-0.15, -0.1) is 0 Å². The molecule has 19 heavy (non-hydrogen) atoms. The van der Waals surface area contributed by atoms with Crippen molar-refractivity contribution in [1.82, 2.24) is 9.80 Å². The summed E-state index contributed by atoms with van der Waals surface area (Å²) in [6, 6.07) is 7.28. The van der Waals surface area contributed by atoms with Crippen molar-refractivity contribution in [3.05, 3.63) is 35.6 Å². The molecule has 0 spiro atoms. The predicted octanol–water partition coefficient (Wildman–Crippen LogP) is 2.15. The average Bonchev–Trinajstić information content (AvgIpc) is 2.42. The van der Waals surface area contributed by atoms with Gasteiger partial charge in [-0.05, 0) is 44.8 Å². The lowest BCUT2D eigenvalue weighted by Crippen LogP contribution is -2.40. The molecule has 1 aliphatic rings. The van der Waals surface area contributed by atoms with Crippen molar-refractivity contribution in [3.63, 3.8) is 0 Å². The van der Waals surface area contributed by atoms with Crippen LogP contribution in [0.1, 0.15) is 18.0 Å². The van der Waals surface area contributed by atoms with E-state index in [1.807, 2.05) is 12.1 Å². The maximum absolute atomic E-state index is 13.1.